The number of hydrogen-bond donors (Lipinski definition) is 1. The molecular weight excluding hydrogens is 188 g/mol. The van der Waals surface area contributed by atoms with E-state index in [2.05, 4.69) is 18.2 Å². The van der Waals surface area contributed by atoms with Crippen LogP contribution in [0.4, 0.5) is 0 Å². The Bertz CT molecular complexity index is 218. The van der Waals surface area contributed by atoms with E-state index in [1.807, 2.05) is 0 Å². The van der Waals surface area contributed by atoms with Crippen molar-refractivity contribution < 1.29 is 4.79 Å². The van der Waals surface area contributed by atoms with Crippen LogP contribution >= 0.6 is 0 Å². The van der Waals surface area contributed by atoms with E-state index in [1.54, 1.807) is 19.0 Å². The quantitative estimate of drug-likeness (QED) is 0.506. The maximum absolute atomic E-state index is 11.2. The SMILES string of the molecule is C#CC(CCC)NCCCC(=O)N(C)C. The van der Waals surface area contributed by atoms with Crippen LogP contribution in [-0.4, -0.2) is 37.5 Å². The summed E-state index contributed by atoms with van der Waals surface area (Å²) in [5.41, 5.74) is 0. The van der Waals surface area contributed by atoms with Gasteiger partial charge in [-0.3, -0.25) is 4.79 Å². The van der Waals surface area contributed by atoms with Gasteiger partial charge in [0.2, 0.25) is 5.91 Å². The first kappa shape index (κ1) is 14.0. The van der Waals surface area contributed by atoms with E-state index in [9.17, 15) is 4.79 Å². The topological polar surface area (TPSA) is 32.3 Å². The van der Waals surface area contributed by atoms with Gasteiger partial charge in [0, 0.05) is 20.5 Å². The van der Waals surface area contributed by atoms with Crippen molar-refractivity contribution in [2.75, 3.05) is 20.6 Å². The molecule has 1 amide bonds. The van der Waals surface area contributed by atoms with Crippen molar-refractivity contribution in [2.24, 2.45) is 0 Å². The molecule has 0 aromatic rings. The number of amides is 1. The van der Waals surface area contributed by atoms with Crippen LogP contribution < -0.4 is 5.32 Å². The zero-order valence-corrected chi connectivity index (χ0v) is 10.0. The highest BCUT2D eigenvalue weighted by molar-refractivity contribution is 5.75. The summed E-state index contributed by atoms with van der Waals surface area (Å²) in [5.74, 6) is 2.88. The normalized spacial score (nSPS) is 11.9. The fourth-order valence-corrected chi connectivity index (χ4v) is 1.27. The summed E-state index contributed by atoms with van der Waals surface area (Å²) in [6.45, 7) is 2.93. The van der Waals surface area contributed by atoms with E-state index in [1.165, 1.54) is 0 Å². The van der Waals surface area contributed by atoms with Crippen molar-refractivity contribution in [1.29, 1.82) is 0 Å². The van der Waals surface area contributed by atoms with Gasteiger partial charge in [0.25, 0.3) is 0 Å². The molecule has 0 bridgehead atoms. The molecule has 86 valence electrons. The zero-order chi connectivity index (χ0) is 11.7. The fourth-order valence-electron chi connectivity index (χ4n) is 1.27. The first-order valence-electron chi connectivity index (χ1n) is 5.51. The minimum absolute atomic E-state index is 0.157. The second-order valence-electron chi connectivity index (χ2n) is 3.85. The van der Waals surface area contributed by atoms with E-state index in [0.29, 0.717) is 6.42 Å². The molecule has 0 aliphatic carbocycles. The second-order valence-corrected chi connectivity index (χ2v) is 3.85. The van der Waals surface area contributed by atoms with Gasteiger partial charge in [0.05, 0.1) is 6.04 Å². The van der Waals surface area contributed by atoms with Gasteiger partial charge >= 0.3 is 0 Å². The molecule has 1 unspecified atom stereocenters. The largest absolute Gasteiger partial charge is 0.349 e. The van der Waals surface area contributed by atoms with Crippen molar-refractivity contribution in [1.82, 2.24) is 10.2 Å². The second kappa shape index (κ2) is 8.31. The Morgan fingerprint density at radius 2 is 2.20 bits per heavy atom. The van der Waals surface area contributed by atoms with Crippen LogP contribution in [0.5, 0.6) is 0 Å². The average Bonchev–Trinajstić information content (AvgIpc) is 2.22. The average molecular weight is 210 g/mol. The van der Waals surface area contributed by atoms with Crippen LogP contribution in [0.25, 0.3) is 0 Å². The number of nitrogens with zero attached hydrogens (tertiary/aromatic N) is 1. The number of hydrogen-bond acceptors (Lipinski definition) is 2. The summed E-state index contributed by atoms with van der Waals surface area (Å²) in [7, 11) is 3.55. The minimum atomic E-state index is 0.157. The minimum Gasteiger partial charge on any atom is -0.349 e. The predicted molar refractivity (Wildman–Crippen MR) is 63.5 cm³/mol. The molecular formula is C12H22N2O. The summed E-state index contributed by atoms with van der Waals surface area (Å²) in [6.07, 6.45) is 8.87. The molecule has 1 atom stereocenters. The lowest BCUT2D eigenvalue weighted by atomic mass is 10.1. The van der Waals surface area contributed by atoms with Crippen LogP contribution in [0.2, 0.25) is 0 Å². The standard InChI is InChI=1S/C12H22N2O/c1-5-8-11(6-2)13-10-7-9-12(15)14(3)4/h2,11,13H,5,7-10H2,1,3-4H3. The van der Waals surface area contributed by atoms with Crippen LogP contribution in [-0.2, 0) is 4.79 Å². The number of nitrogens with one attached hydrogen (secondary N) is 1. The van der Waals surface area contributed by atoms with Crippen molar-refractivity contribution in [3.8, 4) is 12.3 Å². The Labute approximate surface area is 93.2 Å². The lowest BCUT2D eigenvalue weighted by Gasteiger charge is -2.13. The van der Waals surface area contributed by atoms with E-state index < -0.39 is 0 Å². The Hall–Kier alpha value is -1.01. The van der Waals surface area contributed by atoms with E-state index >= 15 is 0 Å². The van der Waals surface area contributed by atoms with Gasteiger partial charge in [-0.15, -0.1) is 6.42 Å². The summed E-state index contributed by atoms with van der Waals surface area (Å²) < 4.78 is 0. The Morgan fingerprint density at radius 3 is 2.67 bits per heavy atom. The van der Waals surface area contributed by atoms with E-state index in [0.717, 1.165) is 25.8 Å². The molecule has 0 saturated heterocycles. The third-order valence-electron chi connectivity index (χ3n) is 2.24. The molecule has 0 fully saturated rings. The highest BCUT2D eigenvalue weighted by atomic mass is 16.2. The van der Waals surface area contributed by atoms with Gasteiger partial charge < -0.3 is 10.2 Å². The Morgan fingerprint density at radius 1 is 1.53 bits per heavy atom. The molecule has 0 saturated carbocycles. The van der Waals surface area contributed by atoms with Crippen molar-refractivity contribution in [3.05, 3.63) is 0 Å². The Balaban J connectivity index is 3.53. The molecule has 0 aromatic heterocycles. The summed E-state index contributed by atoms with van der Waals surface area (Å²) in [4.78, 5) is 12.9. The van der Waals surface area contributed by atoms with Gasteiger partial charge in [0.1, 0.15) is 0 Å². The molecule has 3 heteroatoms. The number of terminal acetylenes is 1. The first-order valence-corrected chi connectivity index (χ1v) is 5.51. The van der Waals surface area contributed by atoms with E-state index in [-0.39, 0.29) is 11.9 Å². The molecule has 0 aromatic carbocycles. The van der Waals surface area contributed by atoms with E-state index in [4.69, 9.17) is 6.42 Å². The highest BCUT2D eigenvalue weighted by Crippen LogP contribution is 1.97. The highest BCUT2D eigenvalue weighted by Gasteiger charge is 2.05. The third kappa shape index (κ3) is 6.98. The lowest BCUT2D eigenvalue weighted by Crippen LogP contribution is -2.29. The fraction of sp³-hybridized carbons (Fsp3) is 0.750. The smallest absolute Gasteiger partial charge is 0.222 e. The van der Waals surface area contributed by atoms with Gasteiger partial charge in [0.15, 0.2) is 0 Å². The van der Waals surface area contributed by atoms with Crippen LogP contribution in [0.15, 0.2) is 0 Å². The van der Waals surface area contributed by atoms with Gasteiger partial charge in [-0.1, -0.05) is 19.3 Å². The molecule has 0 aliphatic heterocycles. The predicted octanol–water partition coefficient (Wildman–Crippen LogP) is 1.25. The molecule has 15 heavy (non-hydrogen) atoms. The molecule has 0 spiro atoms. The maximum atomic E-state index is 11.2. The summed E-state index contributed by atoms with van der Waals surface area (Å²) >= 11 is 0. The van der Waals surface area contributed by atoms with Crippen LogP contribution in [0, 0.1) is 12.3 Å². The third-order valence-corrected chi connectivity index (χ3v) is 2.24. The Kier molecular flexibility index (Phi) is 7.75. The maximum Gasteiger partial charge on any atom is 0.222 e. The van der Waals surface area contributed by atoms with Gasteiger partial charge in [-0.25, -0.2) is 0 Å². The van der Waals surface area contributed by atoms with Gasteiger partial charge in [-0.05, 0) is 19.4 Å². The molecule has 0 rings (SSSR count). The number of rotatable bonds is 7. The molecule has 0 aliphatic rings. The van der Waals surface area contributed by atoms with Crippen LogP contribution in [0.3, 0.4) is 0 Å². The van der Waals surface area contributed by atoms with Crippen molar-refractivity contribution >= 4 is 5.91 Å². The lowest BCUT2D eigenvalue weighted by molar-refractivity contribution is -0.128. The number of carbonyl (C=O) groups excluding carboxylic acids is 1. The van der Waals surface area contributed by atoms with Crippen LogP contribution in [0.1, 0.15) is 32.6 Å². The van der Waals surface area contributed by atoms with Gasteiger partial charge in [-0.2, -0.15) is 0 Å². The zero-order valence-electron chi connectivity index (χ0n) is 10.0. The molecule has 3 nitrogen and oxygen atoms in total. The molecule has 0 radical (unpaired) electrons. The number of carbonyl (C=O) groups is 1. The molecule has 1 N–H and O–H groups in total. The van der Waals surface area contributed by atoms with Crippen molar-refractivity contribution in [2.45, 2.75) is 38.6 Å². The summed E-state index contributed by atoms with van der Waals surface area (Å²) in [5, 5.41) is 3.26. The molecule has 0 heterocycles. The van der Waals surface area contributed by atoms with Crippen molar-refractivity contribution in [3.63, 3.8) is 0 Å². The summed E-state index contributed by atoms with van der Waals surface area (Å²) in [6, 6.07) is 0.157. The first-order chi connectivity index (χ1) is 7.11. The monoisotopic (exact) mass is 210 g/mol.